The third-order valence-corrected chi connectivity index (χ3v) is 5.59. The van der Waals surface area contributed by atoms with Crippen LogP contribution in [-0.4, -0.2) is 27.1 Å². The van der Waals surface area contributed by atoms with Crippen molar-refractivity contribution in [2.45, 2.75) is 19.9 Å². The fourth-order valence-corrected chi connectivity index (χ4v) is 4.01. The van der Waals surface area contributed by atoms with Crippen molar-refractivity contribution >= 4 is 51.9 Å². The number of amides is 2. The summed E-state index contributed by atoms with van der Waals surface area (Å²) in [6.45, 7) is 3.66. The van der Waals surface area contributed by atoms with Crippen molar-refractivity contribution in [2.24, 2.45) is 0 Å². The monoisotopic (exact) mass is 408 g/mol. The quantitative estimate of drug-likeness (QED) is 0.571. The van der Waals surface area contributed by atoms with Gasteiger partial charge in [-0.1, -0.05) is 84.2 Å². The number of carbonyl (C=O) groups excluding carboxylic acids is 2. The Kier molecular flexibility index (Phi) is 6.44. The highest BCUT2D eigenvalue weighted by Gasteiger charge is 2.37. The second kappa shape index (κ2) is 8.99. The summed E-state index contributed by atoms with van der Waals surface area (Å²) in [5.74, 6) is -0.527. The molecule has 0 radical (unpaired) electrons. The molecule has 4 nitrogen and oxygen atoms in total. The van der Waals surface area contributed by atoms with Crippen LogP contribution in [0.15, 0.2) is 71.7 Å². The molecular formula is C22H20N2O2S2. The summed E-state index contributed by atoms with van der Waals surface area (Å²) in [5, 5.41) is 2.83. The molecule has 1 saturated heterocycles. The van der Waals surface area contributed by atoms with Gasteiger partial charge in [0.25, 0.3) is 5.91 Å². The van der Waals surface area contributed by atoms with Crippen molar-refractivity contribution in [3.63, 3.8) is 0 Å². The lowest BCUT2D eigenvalue weighted by Crippen LogP contribution is -2.44. The van der Waals surface area contributed by atoms with Gasteiger partial charge in [0.2, 0.25) is 5.91 Å². The molecule has 28 heavy (non-hydrogen) atoms. The highest BCUT2D eigenvalue weighted by molar-refractivity contribution is 8.26. The lowest BCUT2D eigenvalue weighted by Gasteiger charge is -2.22. The standard InChI is InChI=1S/C22H20N2O2S2/c1-15-11-13-18(14-12-15)23-20(25)16(2)24-21(26)19(28-22(24)27)10-6-9-17-7-4-3-5-8-17/h3-14,16H,1-2H3,(H,23,25)/b9-6+,19-10-. The van der Waals surface area contributed by atoms with Crippen LogP contribution in [0.4, 0.5) is 5.69 Å². The van der Waals surface area contributed by atoms with E-state index in [1.165, 1.54) is 16.7 Å². The largest absolute Gasteiger partial charge is 0.324 e. The molecular weight excluding hydrogens is 388 g/mol. The summed E-state index contributed by atoms with van der Waals surface area (Å²) in [5.41, 5.74) is 2.84. The van der Waals surface area contributed by atoms with E-state index in [4.69, 9.17) is 12.2 Å². The average Bonchev–Trinajstić information content (AvgIpc) is 2.97. The SMILES string of the molecule is Cc1ccc(NC(=O)C(C)N2C(=O)/C(=C/C=C/c3ccccc3)SC2=S)cc1. The Bertz CT molecular complexity index is 950. The van der Waals surface area contributed by atoms with Gasteiger partial charge in [0.15, 0.2) is 0 Å². The first-order valence-electron chi connectivity index (χ1n) is 8.82. The number of nitrogens with zero attached hydrogens (tertiary/aromatic N) is 1. The lowest BCUT2D eigenvalue weighted by atomic mass is 10.2. The average molecular weight is 409 g/mol. The molecule has 1 unspecified atom stereocenters. The predicted molar refractivity (Wildman–Crippen MR) is 120 cm³/mol. The second-order valence-corrected chi connectivity index (χ2v) is 8.05. The first kappa shape index (κ1) is 20.0. The van der Waals surface area contributed by atoms with Gasteiger partial charge in [0.05, 0.1) is 4.91 Å². The number of nitrogens with one attached hydrogen (secondary N) is 1. The van der Waals surface area contributed by atoms with Gasteiger partial charge in [-0.15, -0.1) is 0 Å². The van der Waals surface area contributed by atoms with Crippen LogP contribution in [0.25, 0.3) is 6.08 Å². The minimum atomic E-state index is -0.696. The normalized spacial score (nSPS) is 16.8. The molecule has 2 amide bonds. The van der Waals surface area contributed by atoms with Crippen LogP contribution >= 0.6 is 24.0 Å². The third-order valence-electron chi connectivity index (χ3n) is 4.25. The molecule has 1 aliphatic rings. The van der Waals surface area contributed by atoms with Crippen molar-refractivity contribution in [1.29, 1.82) is 0 Å². The molecule has 0 aliphatic carbocycles. The molecule has 1 fully saturated rings. The minimum absolute atomic E-state index is 0.251. The number of hydrogen-bond donors (Lipinski definition) is 1. The van der Waals surface area contributed by atoms with E-state index >= 15 is 0 Å². The predicted octanol–water partition coefficient (Wildman–Crippen LogP) is 4.78. The number of thiocarbonyl (C=S) groups is 1. The van der Waals surface area contributed by atoms with Crippen LogP contribution < -0.4 is 5.32 Å². The van der Waals surface area contributed by atoms with Gasteiger partial charge in [-0.25, -0.2) is 0 Å². The zero-order valence-electron chi connectivity index (χ0n) is 15.6. The molecule has 3 rings (SSSR count). The summed E-state index contributed by atoms with van der Waals surface area (Å²) in [4.78, 5) is 27.2. The number of anilines is 1. The zero-order chi connectivity index (χ0) is 20.1. The number of benzene rings is 2. The van der Waals surface area contributed by atoms with Gasteiger partial charge >= 0.3 is 0 Å². The summed E-state index contributed by atoms with van der Waals surface area (Å²) in [6, 6.07) is 16.6. The molecule has 1 atom stereocenters. The molecule has 0 spiro atoms. The van der Waals surface area contributed by atoms with Crippen LogP contribution in [0.2, 0.25) is 0 Å². The van der Waals surface area contributed by atoms with Gasteiger partial charge in [0, 0.05) is 5.69 Å². The molecule has 0 bridgehead atoms. The van der Waals surface area contributed by atoms with Crippen LogP contribution in [0, 0.1) is 6.92 Å². The Labute approximate surface area is 174 Å². The van der Waals surface area contributed by atoms with E-state index in [0.717, 1.165) is 11.1 Å². The zero-order valence-corrected chi connectivity index (χ0v) is 17.2. The van der Waals surface area contributed by atoms with E-state index in [0.29, 0.717) is 14.9 Å². The van der Waals surface area contributed by atoms with E-state index in [9.17, 15) is 9.59 Å². The fraction of sp³-hybridized carbons (Fsp3) is 0.136. The van der Waals surface area contributed by atoms with Gasteiger partial charge in [-0.2, -0.15) is 0 Å². The Morgan fingerprint density at radius 1 is 1.14 bits per heavy atom. The highest BCUT2D eigenvalue weighted by Crippen LogP contribution is 2.32. The molecule has 1 aliphatic heterocycles. The summed E-state index contributed by atoms with van der Waals surface area (Å²) < 4.78 is 0.385. The van der Waals surface area contributed by atoms with Crippen LogP contribution in [0.1, 0.15) is 18.1 Å². The van der Waals surface area contributed by atoms with Gasteiger partial charge in [-0.05, 0) is 37.6 Å². The van der Waals surface area contributed by atoms with Crippen molar-refractivity contribution in [2.75, 3.05) is 5.32 Å². The van der Waals surface area contributed by atoms with E-state index in [2.05, 4.69) is 5.32 Å². The first-order valence-corrected chi connectivity index (χ1v) is 10.0. The van der Waals surface area contributed by atoms with Crippen molar-refractivity contribution in [1.82, 2.24) is 4.90 Å². The van der Waals surface area contributed by atoms with Crippen molar-refractivity contribution in [3.8, 4) is 0 Å². The molecule has 142 valence electrons. The summed E-state index contributed by atoms with van der Waals surface area (Å²) in [7, 11) is 0. The Hall–Kier alpha value is -2.70. The molecule has 2 aromatic rings. The number of aryl methyl sites for hydroxylation is 1. The van der Waals surface area contributed by atoms with Crippen LogP contribution in [-0.2, 0) is 9.59 Å². The Morgan fingerprint density at radius 3 is 2.50 bits per heavy atom. The number of hydrogen-bond acceptors (Lipinski definition) is 4. The smallest absolute Gasteiger partial charge is 0.266 e. The van der Waals surface area contributed by atoms with E-state index in [1.807, 2.05) is 73.7 Å². The maximum Gasteiger partial charge on any atom is 0.266 e. The van der Waals surface area contributed by atoms with Gasteiger partial charge < -0.3 is 5.32 Å². The number of allylic oxidation sites excluding steroid dienone is 2. The molecule has 1 heterocycles. The number of rotatable bonds is 5. The summed E-state index contributed by atoms with van der Waals surface area (Å²) >= 11 is 6.55. The Balaban J connectivity index is 1.68. The first-order chi connectivity index (χ1) is 13.5. The second-order valence-electron chi connectivity index (χ2n) is 6.38. The van der Waals surface area contributed by atoms with Gasteiger partial charge in [0.1, 0.15) is 10.4 Å². The maximum absolute atomic E-state index is 12.7. The minimum Gasteiger partial charge on any atom is -0.324 e. The van der Waals surface area contributed by atoms with E-state index < -0.39 is 6.04 Å². The highest BCUT2D eigenvalue weighted by atomic mass is 32.2. The molecule has 0 aromatic heterocycles. The third kappa shape index (κ3) is 4.77. The van der Waals surface area contributed by atoms with Crippen molar-refractivity contribution < 1.29 is 9.59 Å². The maximum atomic E-state index is 12.7. The molecule has 6 heteroatoms. The van der Waals surface area contributed by atoms with E-state index in [1.54, 1.807) is 13.0 Å². The fourth-order valence-electron chi connectivity index (χ4n) is 2.64. The number of carbonyl (C=O) groups is 2. The molecule has 2 aromatic carbocycles. The van der Waals surface area contributed by atoms with Crippen LogP contribution in [0.5, 0.6) is 0 Å². The summed E-state index contributed by atoms with van der Waals surface area (Å²) in [6.07, 6.45) is 5.47. The topological polar surface area (TPSA) is 49.4 Å². The van der Waals surface area contributed by atoms with Crippen molar-refractivity contribution in [3.05, 3.63) is 82.8 Å². The van der Waals surface area contributed by atoms with Gasteiger partial charge in [-0.3, -0.25) is 14.5 Å². The molecule has 1 N–H and O–H groups in total. The lowest BCUT2D eigenvalue weighted by molar-refractivity contribution is -0.129. The Morgan fingerprint density at radius 2 is 1.82 bits per heavy atom. The number of thioether (sulfide) groups is 1. The van der Waals surface area contributed by atoms with Crippen LogP contribution in [0.3, 0.4) is 0 Å². The molecule has 0 saturated carbocycles. The van der Waals surface area contributed by atoms with E-state index in [-0.39, 0.29) is 11.8 Å².